The van der Waals surface area contributed by atoms with Gasteiger partial charge in [0.2, 0.25) is 0 Å². The first-order valence-electron chi connectivity index (χ1n) is 11.6. The zero-order valence-electron chi connectivity index (χ0n) is 17.8. The predicted molar refractivity (Wildman–Crippen MR) is 114 cm³/mol. The van der Waals surface area contributed by atoms with E-state index in [9.17, 15) is 4.39 Å². The van der Waals surface area contributed by atoms with Crippen molar-refractivity contribution >= 4 is 0 Å². The minimum Gasteiger partial charge on any atom is -0.493 e. The van der Waals surface area contributed by atoms with E-state index in [0.717, 1.165) is 36.7 Å². The van der Waals surface area contributed by atoms with Gasteiger partial charge in [0.25, 0.3) is 0 Å². The minimum absolute atomic E-state index is 0.0886. The summed E-state index contributed by atoms with van der Waals surface area (Å²) in [6.07, 6.45) is 17.7. The van der Waals surface area contributed by atoms with Crippen molar-refractivity contribution in [2.75, 3.05) is 6.61 Å². The third-order valence-corrected chi connectivity index (χ3v) is 6.30. The molecule has 0 bridgehead atoms. The molecule has 1 aliphatic carbocycles. The average Bonchev–Trinajstić information content (AvgIpc) is 2.68. The monoisotopic (exact) mass is 376 g/mol. The number of ether oxygens (including phenoxy) is 1. The number of aryl methyl sites for hydroxylation is 1. The van der Waals surface area contributed by atoms with Gasteiger partial charge in [0.15, 0.2) is 0 Å². The summed E-state index contributed by atoms with van der Waals surface area (Å²) >= 11 is 0. The van der Waals surface area contributed by atoms with Gasteiger partial charge < -0.3 is 4.74 Å². The van der Waals surface area contributed by atoms with Gasteiger partial charge in [-0.25, -0.2) is 4.39 Å². The van der Waals surface area contributed by atoms with Crippen molar-refractivity contribution < 1.29 is 9.13 Å². The van der Waals surface area contributed by atoms with E-state index in [2.05, 4.69) is 13.8 Å². The van der Waals surface area contributed by atoms with Crippen LogP contribution in [0.4, 0.5) is 4.39 Å². The van der Waals surface area contributed by atoms with E-state index >= 15 is 0 Å². The molecule has 1 saturated carbocycles. The molecule has 0 atom stereocenters. The third kappa shape index (κ3) is 8.66. The molecule has 0 unspecified atom stereocenters. The molecule has 27 heavy (non-hydrogen) atoms. The molecular weight excluding hydrogens is 335 g/mol. The van der Waals surface area contributed by atoms with E-state index in [1.54, 1.807) is 6.07 Å². The first-order chi connectivity index (χ1) is 13.2. The largest absolute Gasteiger partial charge is 0.493 e. The zero-order chi connectivity index (χ0) is 19.3. The van der Waals surface area contributed by atoms with E-state index in [4.69, 9.17) is 4.74 Å². The Bertz CT molecular complexity index is 505. The topological polar surface area (TPSA) is 9.23 Å². The third-order valence-electron chi connectivity index (χ3n) is 6.30. The van der Waals surface area contributed by atoms with Crippen LogP contribution >= 0.6 is 0 Å². The second-order valence-corrected chi connectivity index (χ2v) is 8.58. The van der Waals surface area contributed by atoms with Crippen LogP contribution in [-0.2, 0) is 6.42 Å². The van der Waals surface area contributed by atoms with Crippen LogP contribution in [0.2, 0.25) is 0 Å². The molecule has 154 valence electrons. The number of rotatable bonds is 13. The van der Waals surface area contributed by atoms with Crippen LogP contribution < -0.4 is 4.74 Å². The molecule has 0 radical (unpaired) electrons. The molecular formula is C25H41FO. The van der Waals surface area contributed by atoms with Crippen molar-refractivity contribution in [2.45, 2.75) is 104 Å². The van der Waals surface area contributed by atoms with E-state index < -0.39 is 0 Å². The van der Waals surface area contributed by atoms with Gasteiger partial charge in [-0.15, -0.1) is 0 Å². The Labute approximate surface area is 167 Å². The molecule has 0 aromatic heterocycles. The maximum atomic E-state index is 14.4. The summed E-state index contributed by atoms with van der Waals surface area (Å²) < 4.78 is 20.1. The lowest BCUT2D eigenvalue weighted by atomic mass is 9.78. The fourth-order valence-electron chi connectivity index (χ4n) is 4.39. The highest BCUT2D eigenvalue weighted by Crippen LogP contribution is 2.34. The molecule has 0 amide bonds. The summed E-state index contributed by atoms with van der Waals surface area (Å²) in [5, 5.41) is 0. The zero-order valence-corrected chi connectivity index (χ0v) is 17.8. The molecule has 0 N–H and O–H groups in total. The molecule has 1 fully saturated rings. The second kappa shape index (κ2) is 13.2. The van der Waals surface area contributed by atoms with Gasteiger partial charge in [0.05, 0.1) is 6.61 Å². The summed E-state index contributed by atoms with van der Waals surface area (Å²) in [6.45, 7) is 5.18. The molecule has 1 aromatic rings. The minimum atomic E-state index is -0.0886. The average molecular weight is 377 g/mol. The van der Waals surface area contributed by atoms with Gasteiger partial charge in [-0.2, -0.15) is 0 Å². The molecule has 0 saturated heterocycles. The van der Waals surface area contributed by atoms with Crippen molar-refractivity contribution in [1.29, 1.82) is 0 Å². The van der Waals surface area contributed by atoms with Crippen LogP contribution in [0.5, 0.6) is 5.75 Å². The van der Waals surface area contributed by atoms with Gasteiger partial charge in [0, 0.05) is 6.07 Å². The summed E-state index contributed by atoms with van der Waals surface area (Å²) in [5.41, 5.74) is 0.860. The highest BCUT2D eigenvalue weighted by molar-refractivity contribution is 5.29. The van der Waals surface area contributed by atoms with Crippen molar-refractivity contribution in [3.05, 3.63) is 29.6 Å². The molecule has 2 rings (SSSR count). The van der Waals surface area contributed by atoms with Crippen LogP contribution in [0.3, 0.4) is 0 Å². The Balaban J connectivity index is 1.66. The lowest BCUT2D eigenvalue weighted by Gasteiger charge is -2.28. The van der Waals surface area contributed by atoms with Crippen molar-refractivity contribution in [1.82, 2.24) is 0 Å². The van der Waals surface area contributed by atoms with Gasteiger partial charge in [-0.1, -0.05) is 90.5 Å². The molecule has 0 aliphatic heterocycles. The maximum absolute atomic E-state index is 14.4. The Kier molecular flexibility index (Phi) is 10.9. The van der Waals surface area contributed by atoms with Crippen LogP contribution in [-0.4, -0.2) is 6.61 Å². The van der Waals surface area contributed by atoms with E-state index in [1.807, 2.05) is 12.1 Å². The van der Waals surface area contributed by atoms with Crippen LogP contribution in [0, 0.1) is 17.7 Å². The Morgan fingerprint density at radius 2 is 1.52 bits per heavy atom. The van der Waals surface area contributed by atoms with Crippen LogP contribution in [0.25, 0.3) is 0 Å². The Hall–Kier alpha value is -1.05. The van der Waals surface area contributed by atoms with Crippen molar-refractivity contribution in [2.24, 2.45) is 11.8 Å². The van der Waals surface area contributed by atoms with E-state index in [-0.39, 0.29) is 5.82 Å². The Morgan fingerprint density at radius 1 is 0.852 bits per heavy atom. The quantitative estimate of drug-likeness (QED) is 0.316. The molecule has 0 heterocycles. The van der Waals surface area contributed by atoms with E-state index in [0.29, 0.717) is 12.4 Å². The van der Waals surface area contributed by atoms with Gasteiger partial charge >= 0.3 is 0 Å². The molecule has 0 spiro atoms. The van der Waals surface area contributed by atoms with Gasteiger partial charge in [-0.05, 0) is 42.7 Å². The molecule has 1 aliphatic rings. The summed E-state index contributed by atoms with van der Waals surface area (Å²) in [6, 6.07) is 5.47. The van der Waals surface area contributed by atoms with Gasteiger partial charge in [0.1, 0.15) is 11.6 Å². The highest BCUT2D eigenvalue weighted by Gasteiger charge is 2.21. The number of hydrogen-bond acceptors (Lipinski definition) is 1. The van der Waals surface area contributed by atoms with E-state index in [1.165, 1.54) is 70.6 Å². The molecule has 1 aromatic carbocycles. The highest BCUT2D eigenvalue weighted by atomic mass is 19.1. The lowest BCUT2D eigenvalue weighted by Crippen LogP contribution is -2.15. The van der Waals surface area contributed by atoms with Crippen LogP contribution in [0.1, 0.15) is 103 Å². The standard InChI is InChI=1S/C25H41FO/c1-3-5-7-9-19-27-24-18-17-23(25(26)20-24)16-15-22-13-11-21(12-14-22)10-8-6-4-2/h17-18,20-22H,3-16,19H2,1-2H3. The van der Waals surface area contributed by atoms with Crippen molar-refractivity contribution in [3.8, 4) is 5.75 Å². The van der Waals surface area contributed by atoms with Crippen molar-refractivity contribution in [3.63, 3.8) is 0 Å². The SMILES string of the molecule is CCCCCCOc1ccc(CCC2CCC(CCCCC)CC2)c(F)c1. The maximum Gasteiger partial charge on any atom is 0.130 e. The fraction of sp³-hybridized carbons (Fsp3) is 0.760. The molecule has 2 heteroatoms. The van der Waals surface area contributed by atoms with Crippen LogP contribution in [0.15, 0.2) is 18.2 Å². The predicted octanol–water partition coefficient (Wildman–Crippen LogP) is 8.10. The normalized spacial score (nSPS) is 20.0. The molecule has 1 nitrogen and oxygen atoms in total. The first kappa shape index (κ1) is 22.2. The summed E-state index contributed by atoms with van der Waals surface area (Å²) in [4.78, 5) is 0. The number of halogens is 1. The summed E-state index contributed by atoms with van der Waals surface area (Å²) in [5.74, 6) is 2.34. The number of hydrogen-bond donors (Lipinski definition) is 0. The first-order valence-corrected chi connectivity index (χ1v) is 11.6. The Morgan fingerprint density at radius 3 is 2.19 bits per heavy atom. The lowest BCUT2D eigenvalue weighted by molar-refractivity contribution is 0.248. The van der Waals surface area contributed by atoms with Gasteiger partial charge in [-0.3, -0.25) is 0 Å². The smallest absolute Gasteiger partial charge is 0.130 e. The fourth-order valence-corrected chi connectivity index (χ4v) is 4.39. The number of unbranched alkanes of at least 4 members (excludes halogenated alkanes) is 5. The second-order valence-electron chi connectivity index (χ2n) is 8.58. The number of benzene rings is 1. The summed E-state index contributed by atoms with van der Waals surface area (Å²) in [7, 11) is 0.